The highest BCUT2D eigenvalue weighted by Gasteiger charge is 2.29. The lowest BCUT2D eigenvalue weighted by Crippen LogP contribution is -2.56. The molecule has 168 valence electrons. The third kappa shape index (κ3) is 4.57. The Hall–Kier alpha value is -2.69. The van der Waals surface area contributed by atoms with Crippen LogP contribution in [0.3, 0.4) is 0 Å². The highest BCUT2D eigenvalue weighted by atomic mass is 32.2. The quantitative estimate of drug-likeness (QED) is 0.429. The van der Waals surface area contributed by atoms with Crippen molar-refractivity contribution >= 4 is 29.1 Å². The number of aromatic nitrogens is 5. The number of piperazine rings is 1. The average molecular weight is 453 g/mol. The summed E-state index contributed by atoms with van der Waals surface area (Å²) in [5.74, 6) is 1.24. The molecule has 0 bridgehead atoms. The molecule has 3 aromatic rings. The van der Waals surface area contributed by atoms with Crippen molar-refractivity contribution < 1.29 is 4.74 Å². The summed E-state index contributed by atoms with van der Waals surface area (Å²) in [6, 6.07) is 9.09. The zero-order valence-electron chi connectivity index (χ0n) is 18.4. The topological polar surface area (TPSA) is 84.2 Å². The minimum Gasteiger partial charge on any atom is -0.378 e. The first-order valence-corrected chi connectivity index (χ1v) is 12.2. The first-order valence-electron chi connectivity index (χ1n) is 11.0. The summed E-state index contributed by atoms with van der Waals surface area (Å²) >= 11 is 1.50. The lowest BCUT2D eigenvalue weighted by atomic mass is 10.1. The van der Waals surface area contributed by atoms with E-state index in [0.29, 0.717) is 23.0 Å². The Balaban J connectivity index is 1.30. The van der Waals surface area contributed by atoms with Gasteiger partial charge in [0.15, 0.2) is 11.0 Å². The number of nitrogens with one attached hydrogen (secondary N) is 1. The van der Waals surface area contributed by atoms with Gasteiger partial charge in [0.2, 0.25) is 5.95 Å². The van der Waals surface area contributed by atoms with Gasteiger partial charge in [-0.25, -0.2) is 14.6 Å². The van der Waals surface area contributed by atoms with Crippen LogP contribution in [0.5, 0.6) is 0 Å². The minimum atomic E-state index is 0.545. The Morgan fingerprint density at radius 3 is 2.69 bits per heavy atom. The lowest BCUT2D eigenvalue weighted by Gasteiger charge is -2.43. The van der Waals surface area contributed by atoms with E-state index in [1.54, 1.807) is 17.2 Å². The van der Waals surface area contributed by atoms with Crippen LogP contribution in [0, 0.1) is 0 Å². The van der Waals surface area contributed by atoms with Gasteiger partial charge in [-0.15, -0.1) is 5.10 Å². The first kappa shape index (κ1) is 21.2. The Labute approximate surface area is 192 Å². The van der Waals surface area contributed by atoms with Gasteiger partial charge in [-0.3, -0.25) is 4.90 Å². The highest BCUT2D eigenvalue weighted by Crippen LogP contribution is 2.26. The smallest absolute Gasteiger partial charge is 0.247 e. The summed E-state index contributed by atoms with van der Waals surface area (Å²) in [7, 11) is 0. The van der Waals surface area contributed by atoms with Crippen LogP contribution >= 0.6 is 11.8 Å². The molecule has 2 aromatic heterocycles. The SMILES string of the molecule is CCc1cc(Nc2ncn(-c3ccnc(SC)n3)n2)cc(N2CCN(C3COC3)CC2)c1. The number of hydrogen-bond donors (Lipinski definition) is 1. The number of aryl methyl sites for hydroxylation is 1. The fourth-order valence-electron chi connectivity index (χ4n) is 4.03. The van der Waals surface area contributed by atoms with Crippen LogP contribution in [0.2, 0.25) is 0 Å². The number of hydrogen-bond acceptors (Lipinski definition) is 9. The zero-order valence-corrected chi connectivity index (χ0v) is 19.3. The third-order valence-corrected chi connectivity index (χ3v) is 6.55. The van der Waals surface area contributed by atoms with Crippen LogP contribution < -0.4 is 10.2 Å². The van der Waals surface area contributed by atoms with Gasteiger partial charge in [0, 0.05) is 49.8 Å². The molecule has 0 unspecified atom stereocenters. The maximum atomic E-state index is 5.36. The predicted octanol–water partition coefficient (Wildman–Crippen LogP) is 2.61. The van der Waals surface area contributed by atoms with Crippen LogP contribution in [0.4, 0.5) is 17.3 Å². The second-order valence-electron chi connectivity index (χ2n) is 8.00. The summed E-state index contributed by atoms with van der Waals surface area (Å²) in [6.45, 7) is 8.16. The van der Waals surface area contributed by atoms with Crippen LogP contribution in [0.1, 0.15) is 12.5 Å². The molecule has 1 aromatic carbocycles. The molecule has 5 rings (SSSR count). The number of ether oxygens (including phenoxy) is 1. The normalized spacial score (nSPS) is 17.4. The molecule has 32 heavy (non-hydrogen) atoms. The van der Waals surface area contributed by atoms with Crippen molar-refractivity contribution in [2.24, 2.45) is 0 Å². The molecule has 2 fully saturated rings. The molecule has 0 amide bonds. The molecule has 1 N–H and O–H groups in total. The molecule has 9 nitrogen and oxygen atoms in total. The van der Waals surface area contributed by atoms with Crippen molar-refractivity contribution in [3.05, 3.63) is 42.4 Å². The Morgan fingerprint density at radius 1 is 1.12 bits per heavy atom. The van der Waals surface area contributed by atoms with Crippen LogP contribution in [0.25, 0.3) is 5.82 Å². The number of rotatable bonds is 7. The van der Waals surface area contributed by atoms with E-state index >= 15 is 0 Å². The van der Waals surface area contributed by atoms with Crippen LogP contribution in [0.15, 0.2) is 41.9 Å². The number of benzene rings is 1. The fraction of sp³-hybridized carbons (Fsp3) is 0.455. The molecule has 2 saturated heterocycles. The molecule has 2 aliphatic rings. The van der Waals surface area contributed by atoms with E-state index in [2.05, 4.69) is 60.3 Å². The van der Waals surface area contributed by atoms with Crippen molar-refractivity contribution in [1.82, 2.24) is 29.6 Å². The number of anilines is 3. The summed E-state index contributed by atoms with van der Waals surface area (Å²) in [5, 5.41) is 8.64. The van der Waals surface area contributed by atoms with E-state index in [9.17, 15) is 0 Å². The fourth-order valence-corrected chi connectivity index (χ4v) is 4.38. The van der Waals surface area contributed by atoms with Gasteiger partial charge in [0.25, 0.3) is 0 Å². The van der Waals surface area contributed by atoms with Gasteiger partial charge in [-0.1, -0.05) is 18.7 Å². The Bertz CT molecular complexity index is 1060. The summed E-state index contributed by atoms with van der Waals surface area (Å²) in [5.41, 5.74) is 3.54. The van der Waals surface area contributed by atoms with Gasteiger partial charge in [0.05, 0.1) is 19.3 Å². The van der Waals surface area contributed by atoms with Gasteiger partial charge < -0.3 is 15.0 Å². The molecule has 10 heteroatoms. The molecule has 2 aliphatic heterocycles. The van der Waals surface area contributed by atoms with Crippen molar-refractivity contribution in [3.8, 4) is 5.82 Å². The van der Waals surface area contributed by atoms with Gasteiger partial charge in [-0.05, 0) is 36.4 Å². The van der Waals surface area contributed by atoms with Crippen molar-refractivity contribution in [2.75, 3.05) is 55.9 Å². The van der Waals surface area contributed by atoms with E-state index in [0.717, 1.165) is 51.5 Å². The molecular weight excluding hydrogens is 424 g/mol. The maximum absolute atomic E-state index is 5.36. The highest BCUT2D eigenvalue weighted by molar-refractivity contribution is 7.98. The molecule has 4 heterocycles. The van der Waals surface area contributed by atoms with Gasteiger partial charge >= 0.3 is 0 Å². The molecule has 0 radical (unpaired) electrons. The first-order chi connectivity index (χ1) is 15.7. The molecule has 0 atom stereocenters. The lowest BCUT2D eigenvalue weighted by molar-refractivity contribution is -0.0660. The Morgan fingerprint density at radius 2 is 1.97 bits per heavy atom. The van der Waals surface area contributed by atoms with E-state index in [4.69, 9.17) is 4.74 Å². The minimum absolute atomic E-state index is 0.545. The number of thioether (sulfide) groups is 1. The Kier molecular flexibility index (Phi) is 6.24. The maximum Gasteiger partial charge on any atom is 0.247 e. The molecule has 0 spiro atoms. The van der Waals surface area contributed by atoms with E-state index < -0.39 is 0 Å². The summed E-state index contributed by atoms with van der Waals surface area (Å²) in [4.78, 5) is 18.1. The van der Waals surface area contributed by atoms with Gasteiger partial charge in [-0.2, -0.15) is 4.98 Å². The van der Waals surface area contributed by atoms with Crippen LogP contribution in [-0.2, 0) is 11.2 Å². The molecule has 0 aliphatic carbocycles. The van der Waals surface area contributed by atoms with Crippen molar-refractivity contribution in [1.29, 1.82) is 0 Å². The number of nitrogens with zero attached hydrogens (tertiary/aromatic N) is 7. The van der Waals surface area contributed by atoms with Crippen LogP contribution in [-0.4, -0.2) is 81.3 Å². The molecular formula is C22H28N8OS. The van der Waals surface area contributed by atoms with Gasteiger partial charge in [0.1, 0.15) is 6.33 Å². The molecule has 0 saturated carbocycles. The largest absolute Gasteiger partial charge is 0.378 e. The summed E-state index contributed by atoms with van der Waals surface area (Å²) in [6.07, 6.45) is 6.33. The van der Waals surface area contributed by atoms with E-state index in [1.165, 1.54) is 23.0 Å². The second-order valence-corrected chi connectivity index (χ2v) is 8.77. The van der Waals surface area contributed by atoms with E-state index in [1.807, 2.05) is 12.3 Å². The zero-order chi connectivity index (χ0) is 21.9. The van der Waals surface area contributed by atoms with E-state index in [-0.39, 0.29) is 0 Å². The second kappa shape index (κ2) is 9.43. The monoisotopic (exact) mass is 452 g/mol. The predicted molar refractivity (Wildman–Crippen MR) is 126 cm³/mol. The standard InChI is InChI=1S/C22H28N8OS/c1-3-16-10-17(12-18(11-16)28-6-8-29(9-7-28)19-13-31-14-19)25-21-24-15-30(27-21)20-4-5-23-22(26-20)32-2/h4-5,10-12,15,19H,3,6-9,13-14H2,1-2H3,(H,25,27). The average Bonchev–Trinajstić information content (AvgIpc) is 3.26. The van der Waals surface area contributed by atoms with Crippen molar-refractivity contribution in [3.63, 3.8) is 0 Å². The van der Waals surface area contributed by atoms with Crippen molar-refractivity contribution in [2.45, 2.75) is 24.5 Å². The summed E-state index contributed by atoms with van der Waals surface area (Å²) < 4.78 is 7.02. The third-order valence-electron chi connectivity index (χ3n) is 5.99.